The Morgan fingerprint density at radius 1 is 1.17 bits per heavy atom. The standard InChI is InChI=1S/C19H25N5O4S2/c1-13-7-8-15(11-16(13)30(27,28)24-9-5-3-4-6-10-24)20-17(25)12-29-19-21-18(26)14(2)22-23-19/h7-8,11H,3-6,9-10,12H2,1-2H3,(H,20,25)(H,21,23,26). The van der Waals surface area contributed by atoms with Gasteiger partial charge in [-0.05, 0) is 44.4 Å². The first-order chi connectivity index (χ1) is 14.3. The maximum Gasteiger partial charge on any atom is 0.273 e. The third-order valence-corrected chi connectivity index (χ3v) is 7.74. The van der Waals surface area contributed by atoms with Crippen LogP contribution in [0.2, 0.25) is 0 Å². The quantitative estimate of drug-likeness (QED) is 0.644. The van der Waals surface area contributed by atoms with E-state index in [1.807, 2.05) is 0 Å². The number of amides is 1. The molecular formula is C19H25N5O4S2. The first-order valence-electron chi connectivity index (χ1n) is 9.74. The Kier molecular flexibility index (Phi) is 7.27. The Balaban J connectivity index is 1.70. The van der Waals surface area contributed by atoms with E-state index in [4.69, 9.17) is 0 Å². The molecule has 1 aliphatic heterocycles. The number of carbonyl (C=O) groups is 1. The molecular weight excluding hydrogens is 426 g/mol. The van der Waals surface area contributed by atoms with Crippen molar-refractivity contribution >= 4 is 33.4 Å². The van der Waals surface area contributed by atoms with Crippen LogP contribution in [-0.4, -0.2) is 52.7 Å². The number of nitrogens with one attached hydrogen (secondary N) is 2. The van der Waals surface area contributed by atoms with Crippen LogP contribution in [0.4, 0.5) is 5.69 Å². The third kappa shape index (κ3) is 5.46. The van der Waals surface area contributed by atoms with Crippen molar-refractivity contribution in [2.75, 3.05) is 24.2 Å². The molecule has 2 N–H and O–H groups in total. The molecule has 0 aliphatic carbocycles. The summed E-state index contributed by atoms with van der Waals surface area (Å²) in [6.07, 6.45) is 3.79. The summed E-state index contributed by atoms with van der Waals surface area (Å²) in [6.45, 7) is 4.33. The van der Waals surface area contributed by atoms with Gasteiger partial charge in [0, 0.05) is 18.8 Å². The first-order valence-corrected chi connectivity index (χ1v) is 12.2. The average Bonchev–Trinajstić information content (AvgIpc) is 3.00. The lowest BCUT2D eigenvalue weighted by atomic mass is 10.2. The zero-order valence-electron chi connectivity index (χ0n) is 17.0. The highest BCUT2D eigenvalue weighted by Crippen LogP contribution is 2.26. The lowest BCUT2D eigenvalue weighted by molar-refractivity contribution is -0.113. The van der Waals surface area contributed by atoms with E-state index >= 15 is 0 Å². The summed E-state index contributed by atoms with van der Waals surface area (Å²) in [7, 11) is -3.62. The van der Waals surface area contributed by atoms with Crippen molar-refractivity contribution < 1.29 is 13.2 Å². The second-order valence-corrected chi connectivity index (χ2v) is 10.1. The van der Waals surface area contributed by atoms with E-state index in [9.17, 15) is 18.0 Å². The van der Waals surface area contributed by atoms with Gasteiger partial charge < -0.3 is 5.32 Å². The summed E-state index contributed by atoms with van der Waals surface area (Å²) < 4.78 is 27.8. The molecule has 1 aromatic carbocycles. The van der Waals surface area contributed by atoms with Crippen LogP contribution in [0.3, 0.4) is 0 Å². The number of aromatic nitrogens is 3. The maximum absolute atomic E-state index is 13.1. The molecule has 9 nitrogen and oxygen atoms in total. The van der Waals surface area contributed by atoms with E-state index in [0.717, 1.165) is 37.4 Å². The van der Waals surface area contributed by atoms with Gasteiger partial charge in [0.2, 0.25) is 15.9 Å². The Morgan fingerprint density at radius 2 is 1.87 bits per heavy atom. The number of aromatic amines is 1. The molecule has 0 saturated carbocycles. The van der Waals surface area contributed by atoms with Crippen LogP contribution < -0.4 is 10.9 Å². The van der Waals surface area contributed by atoms with Gasteiger partial charge in [-0.2, -0.15) is 4.31 Å². The molecule has 0 unspecified atom stereocenters. The molecule has 1 aromatic heterocycles. The fourth-order valence-electron chi connectivity index (χ4n) is 3.15. The predicted octanol–water partition coefficient (Wildman–Crippen LogP) is 2.08. The molecule has 1 fully saturated rings. The van der Waals surface area contributed by atoms with Crippen molar-refractivity contribution in [2.45, 2.75) is 49.6 Å². The van der Waals surface area contributed by atoms with Gasteiger partial charge in [0.1, 0.15) is 5.69 Å². The zero-order valence-corrected chi connectivity index (χ0v) is 18.6. The average molecular weight is 452 g/mol. The summed E-state index contributed by atoms with van der Waals surface area (Å²) in [5.74, 6) is -0.347. The topological polar surface area (TPSA) is 125 Å². The molecule has 0 spiro atoms. The SMILES string of the molecule is Cc1ccc(NC(=O)CSc2nnc(C)c(=O)[nH]2)cc1S(=O)(=O)N1CCCCCC1. The summed E-state index contributed by atoms with van der Waals surface area (Å²) in [5, 5.41) is 10.5. The van der Waals surface area contributed by atoms with Crippen molar-refractivity contribution in [3.8, 4) is 0 Å². The van der Waals surface area contributed by atoms with Gasteiger partial charge in [-0.1, -0.05) is 30.7 Å². The Labute approximate surface area is 179 Å². The second-order valence-electron chi connectivity index (χ2n) is 7.18. The van der Waals surface area contributed by atoms with Crippen molar-refractivity contribution in [3.05, 3.63) is 39.8 Å². The summed E-state index contributed by atoms with van der Waals surface area (Å²) >= 11 is 1.04. The van der Waals surface area contributed by atoms with E-state index in [1.165, 1.54) is 10.4 Å². The predicted molar refractivity (Wildman–Crippen MR) is 115 cm³/mol. The largest absolute Gasteiger partial charge is 0.325 e. The molecule has 2 heterocycles. The van der Waals surface area contributed by atoms with Crippen LogP contribution >= 0.6 is 11.8 Å². The van der Waals surface area contributed by atoms with Crippen LogP contribution in [0.15, 0.2) is 33.0 Å². The molecule has 0 atom stereocenters. The molecule has 0 bridgehead atoms. The van der Waals surface area contributed by atoms with Gasteiger partial charge in [-0.3, -0.25) is 14.6 Å². The van der Waals surface area contributed by atoms with E-state index < -0.39 is 10.0 Å². The number of rotatable bonds is 6. The molecule has 1 amide bonds. The van der Waals surface area contributed by atoms with Crippen LogP contribution in [0, 0.1) is 13.8 Å². The molecule has 162 valence electrons. The molecule has 1 saturated heterocycles. The van der Waals surface area contributed by atoms with E-state index in [1.54, 1.807) is 26.0 Å². The van der Waals surface area contributed by atoms with Gasteiger partial charge in [0.15, 0.2) is 5.16 Å². The minimum absolute atomic E-state index is 0.00420. The van der Waals surface area contributed by atoms with E-state index in [0.29, 0.717) is 24.3 Å². The Morgan fingerprint density at radius 3 is 2.53 bits per heavy atom. The number of sulfonamides is 1. The van der Waals surface area contributed by atoms with E-state index in [2.05, 4.69) is 20.5 Å². The minimum Gasteiger partial charge on any atom is -0.325 e. The molecule has 2 aromatic rings. The lowest BCUT2D eigenvalue weighted by Gasteiger charge is -2.21. The smallest absolute Gasteiger partial charge is 0.273 e. The number of H-pyrrole nitrogens is 1. The first kappa shape index (κ1) is 22.4. The second kappa shape index (κ2) is 9.71. The van der Waals surface area contributed by atoms with Gasteiger partial charge in [-0.25, -0.2) is 8.42 Å². The number of hydrogen-bond acceptors (Lipinski definition) is 7. The number of aryl methyl sites for hydroxylation is 2. The van der Waals surface area contributed by atoms with E-state index in [-0.39, 0.29) is 33.0 Å². The summed E-state index contributed by atoms with van der Waals surface area (Å²) in [4.78, 5) is 26.6. The van der Waals surface area contributed by atoms with Crippen LogP contribution in [0.5, 0.6) is 0 Å². The zero-order chi connectivity index (χ0) is 21.7. The highest BCUT2D eigenvalue weighted by atomic mass is 32.2. The monoisotopic (exact) mass is 451 g/mol. The van der Waals surface area contributed by atoms with Gasteiger partial charge in [0.05, 0.1) is 10.6 Å². The molecule has 11 heteroatoms. The summed E-state index contributed by atoms with van der Waals surface area (Å²) in [5.41, 5.74) is 0.943. The number of nitrogens with zero attached hydrogens (tertiary/aromatic N) is 3. The highest BCUT2D eigenvalue weighted by Gasteiger charge is 2.27. The molecule has 30 heavy (non-hydrogen) atoms. The summed E-state index contributed by atoms with van der Waals surface area (Å²) in [6, 6.07) is 4.87. The Bertz CT molecular complexity index is 1080. The normalized spacial score (nSPS) is 15.5. The van der Waals surface area contributed by atoms with Crippen LogP contribution in [0.25, 0.3) is 0 Å². The minimum atomic E-state index is -3.62. The van der Waals surface area contributed by atoms with Crippen LogP contribution in [0.1, 0.15) is 36.9 Å². The fourth-order valence-corrected chi connectivity index (χ4v) is 5.52. The third-order valence-electron chi connectivity index (χ3n) is 4.83. The molecule has 0 radical (unpaired) electrons. The number of hydrogen-bond donors (Lipinski definition) is 2. The lowest BCUT2D eigenvalue weighted by Crippen LogP contribution is -2.32. The number of carbonyl (C=O) groups excluding carboxylic acids is 1. The fraction of sp³-hybridized carbons (Fsp3) is 0.474. The van der Waals surface area contributed by atoms with Gasteiger partial charge in [-0.15, -0.1) is 10.2 Å². The maximum atomic E-state index is 13.1. The highest BCUT2D eigenvalue weighted by molar-refractivity contribution is 7.99. The number of benzene rings is 1. The van der Waals surface area contributed by atoms with Gasteiger partial charge >= 0.3 is 0 Å². The number of thioether (sulfide) groups is 1. The van der Waals surface area contributed by atoms with Crippen molar-refractivity contribution in [3.63, 3.8) is 0 Å². The molecule has 1 aliphatic rings. The van der Waals surface area contributed by atoms with Crippen molar-refractivity contribution in [2.24, 2.45) is 0 Å². The van der Waals surface area contributed by atoms with Gasteiger partial charge in [0.25, 0.3) is 5.56 Å². The Hall–Kier alpha value is -2.24. The molecule has 3 rings (SSSR count). The number of anilines is 1. The van der Waals surface area contributed by atoms with Crippen molar-refractivity contribution in [1.29, 1.82) is 0 Å². The van der Waals surface area contributed by atoms with Crippen molar-refractivity contribution in [1.82, 2.24) is 19.5 Å². The van der Waals surface area contributed by atoms with Crippen LogP contribution in [-0.2, 0) is 14.8 Å².